The number of ether oxygens (including phenoxy) is 1. The number of rotatable bonds is 3. The van der Waals surface area contributed by atoms with Crippen LogP contribution in [0.15, 0.2) is 0 Å². The SMILES string of the molecule is CN(CC1CCCO1)C(=O)C1CCNC1.Cl. The van der Waals surface area contributed by atoms with Crippen molar-refractivity contribution in [2.75, 3.05) is 33.3 Å². The lowest BCUT2D eigenvalue weighted by molar-refractivity contribution is -0.134. The molecule has 0 aromatic carbocycles. The van der Waals surface area contributed by atoms with Crippen LogP contribution in [0, 0.1) is 5.92 Å². The number of nitrogens with one attached hydrogen (secondary N) is 1. The van der Waals surface area contributed by atoms with Gasteiger partial charge in [0.25, 0.3) is 0 Å². The largest absolute Gasteiger partial charge is 0.376 e. The maximum absolute atomic E-state index is 12.0. The monoisotopic (exact) mass is 248 g/mol. The second-order valence-corrected chi connectivity index (χ2v) is 4.54. The molecule has 2 atom stereocenters. The van der Waals surface area contributed by atoms with E-state index >= 15 is 0 Å². The Balaban J connectivity index is 0.00000128. The summed E-state index contributed by atoms with van der Waals surface area (Å²) in [6.45, 7) is 3.44. The Hall–Kier alpha value is -0.320. The predicted octanol–water partition coefficient (Wildman–Crippen LogP) is 0.655. The number of hydrogen-bond donors (Lipinski definition) is 1. The molecule has 5 heteroatoms. The zero-order valence-corrected chi connectivity index (χ0v) is 10.6. The molecule has 2 aliphatic rings. The standard InChI is InChI=1S/C11H20N2O2.ClH/c1-13(8-10-3-2-6-15-10)11(14)9-4-5-12-7-9;/h9-10,12H,2-8H2,1H3;1H. The third-order valence-electron chi connectivity index (χ3n) is 3.29. The van der Waals surface area contributed by atoms with Crippen LogP contribution in [-0.4, -0.2) is 50.2 Å². The van der Waals surface area contributed by atoms with E-state index in [0.717, 1.165) is 45.5 Å². The summed E-state index contributed by atoms with van der Waals surface area (Å²) in [7, 11) is 1.89. The highest BCUT2D eigenvalue weighted by Crippen LogP contribution is 2.15. The zero-order valence-electron chi connectivity index (χ0n) is 9.78. The van der Waals surface area contributed by atoms with Gasteiger partial charge in [-0.1, -0.05) is 0 Å². The van der Waals surface area contributed by atoms with Gasteiger partial charge in [-0.25, -0.2) is 0 Å². The van der Waals surface area contributed by atoms with Crippen LogP contribution in [-0.2, 0) is 9.53 Å². The fraction of sp³-hybridized carbons (Fsp3) is 0.909. The van der Waals surface area contributed by atoms with Crippen LogP contribution in [0.2, 0.25) is 0 Å². The molecule has 0 aliphatic carbocycles. The number of hydrogen-bond acceptors (Lipinski definition) is 3. The third-order valence-corrected chi connectivity index (χ3v) is 3.29. The molecule has 2 unspecified atom stereocenters. The van der Waals surface area contributed by atoms with E-state index in [1.165, 1.54) is 0 Å². The van der Waals surface area contributed by atoms with Crippen molar-refractivity contribution < 1.29 is 9.53 Å². The minimum atomic E-state index is 0. The molecule has 0 radical (unpaired) electrons. The molecular formula is C11H21ClN2O2. The van der Waals surface area contributed by atoms with E-state index in [1.54, 1.807) is 0 Å². The molecule has 2 rings (SSSR count). The Morgan fingerprint density at radius 3 is 2.88 bits per heavy atom. The first-order valence-corrected chi connectivity index (χ1v) is 5.84. The maximum atomic E-state index is 12.0. The molecule has 2 fully saturated rings. The molecule has 0 aromatic heterocycles. The van der Waals surface area contributed by atoms with Crippen molar-refractivity contribution in [3.63, 3.8) is 0 Å². The van der Waals surface area contributed by atoms with Gasteiger partial charge in [-0.05, 0) is 25.8 Å². The van der Waals surface area contributed by atoms with E-state index in [0.29, 0.717) is 0 Å². The van der Waals surface area contributed by atoms with Gasteiger partial charge in [-0.15, -0.1) is 12.4 Å². The summed E-state index contributed by atoms with van der Waals surface area (Å²) in [6.07, 6.45) is 3.49. The van der Waals surface area contributed by atoms with Crippen molar-refractivity contribution in [1.29, 1.82) is 0 Å². The molecule has 0 spiro atoms. The first-order valence-electron chi connectivity index (χ1n) is 5.84. The summed E-state index contributed by atoms with van der Waals surface area (Å²) in [5.74, 6) is 0.465. The van der Waals surface area contributed by atoms with Crippen molar-refractivity contribution in [3.05, 3.63) is 0 Å². The Morgan fingerprint density at radius 2 is 2.31 bits per heavy atom. The Morgan fingerprint density at radius 1 is 1.50 bits per heavy atom. The lowest BCUT2D eigenvalue weighted by Gasteiger charge is -2.23. The van der Waals surface area contributed by atoms with Crippen molar-refractivity contribution in [3.8, 4) is 0 Å². The highest BCUT2D eigenvalue weighted by Gasteiger charge is 2.27. The van der Waals surface area contributed by atoms with E-state index < -0.39 is 0 Å². The molecule has 2 aliphatic heterocycles. The topological polar surface area (TPSA) is 41.6 Å². The summed E-state index contributed by atoms with van der Waals surface area (Å²) in [6, 6.07) is 0. The predicted molar refractivity (Wildman–Crippen MR) is 64.8 cm³/mol. The van der Waals surface area contributed by atoms with Gasteiger partial charge in [-0.2, -0.15) is 0 Å². The number of halogens is 1. The molecule has 0 saturated carbocycles. The average Bonchev–Trinajstić information content (AvgIpc) is 2.88. The molecule has 0 aromatic rings. The quantitative estimate of drug-likeness (QED) is 0.798. The van der Waals surface area contributed by atoms with Crippen molar-refractivity contribution >= 4 is 18.3 Å². The number of likely N-dealkylation sites (N-methyl/N-ethyl adjacent to an activating group) is 1. The molecule has 4 nitrogen and oxygen atoms in total. The van der Waals surface area contributed by atoms with Crippen molar-refractivity contribution in [2.24, 2.45) is 5.92 Å². The number of carbonyl (C=O) groups excluding carboxylic acids is 1. The highest BCUT2D eigenvalue weighted by molar-refractivity contribution is 5.85. The molecule has 2 saturated heterocycles. The van der Waals surface area contributed by atoms with Gasteiger partial charge in [0, 0.05) is 26.7 Å². The molecule has 1 amide bonds. The van der Waals surface area contributed by atoms with E-state index in [4.69, 9.17) is 4.74 Å². The fourth-order valence-corrected chi connectivity index (χ4v) is 2.36. The van der Waals surface area contributed by atoms with Crippen LogP contribution in [0.3, 0.4) is 0 Å². The summed E-state index contributed by atoms with van der Waals surface area (Å²) >= 11 is 0. The summed E-state index contributed by atoms with van der Waals surface area (Å²) in [4.78, 5) is 13.8. The number of carbonyl (C=O) groups is 1. The van der Waals surface area contributed by atoms with Gasteiger partial charge >= 0.3 is 0 Å². The first kappa shape index (κ1) is 13.7. The number of nitrogens with zero attached hydrogens (tertiary/aromatic N) is 1. The lowest BCUT2D eigenvalue weighted by atomic mass is 10.1. The molecule has 94 valence electrons. The van der Waals surface area contributed by atoms with Gasteiger partial charge in [0.15, 0.2) is 0 Å². The van der Waals surface area contributed by atoms with E-state index in [2.05, 4.69) is 5.32 Å². The average molecular weight is 249 g/mol. The second-order valence-electron chi connectivity index (χ2n) is 4.54. The van der Waals surface area contributed by atoms with E-state index in [9.17, 15) is 4.79 Å². The summed E-state index contributed by atoms with van der Waals surface area (Å²) in [5, 5.41) is 3.22. The van der Waals surface area contributed by atoms with Gasteiger partial charge in [0.05, 0.1) is 12.0 Å². The van der Waals surface area contributed by atoms with E-state index in [-0.39, 0.29) is 30.3 Å². The summed E-state index contributed by atoms with van der Waals surface area (Å²) in [5.41, 5.74) is 0. The molecule has 16 heavy (non-hydrogen) atoms. The summed E-state index contributed by atoms with van der Waals surface area (Å²) < 4.78 is 5.53. The molecule has 2 heterocycles. The van der Waals surface area contributed by atoms with Crippen LogP contribution in [0.5, 0.6) is 0 Å². The fourth-order valence-electron chi connectivity index (χ4n) is 2.36. The molecular weight excluding hydrogens is 228 g/mol. The smallest absolute Gasteiger partial charge is 0.226 e. The van der Waals surface area contributed by atoms with Crippen LogP contribution in [0.4, 0.5) is 0 Å². The Bertz CT molecular complexity index is 226. The highest BCUT2D eigenvalue weighted by atomic mass is 35.5. The molecule has 0 bridgehead atoms. The van der Waals surface area contributed by atoms with Crippen LogP contribution < -0.4 is 5.32 Å². The normalized spacial score (nSPS) is 28.8. The van der Waals surface area contributed by atoms with E-state index in [1.807, 2.05) is 11.9 Å². The minimum absolute atomic E-state index is 0. The third kappa shape index (κ3) is 3.34. The van der Waals surface area contributed by atoms with Crippen LogP contribution in [0.1, 0.15) is 19.3 Å². The van der Waals surface area contributed by atoms with Gasteiger partial charge < -0.3 is 15.0 Å². The van der Waals surface area contributed by atoms with Gasteiger partial charge in [0.2, 0.25) is 5.91 Å². The minimum Gasteiger partial charge on any atom is -0.376 e. The molecule has 1 N–H and O–H groups in total. The van der Waals surface area contributed by atoms with Crippen LogP contribution in [0.25, 0.3) is 0 Å². The van der Waals surface area contributed by atoms with Gasteiger partial charge in [-0.3, -0.25) is 4.79 Å². The maximum Gasteiger partial charge on any atom is 0.226 e. The van der Waals surface area contributed by atoms with Crippen molar-refractivity contribution in [2.45, 2.75) is 25.4 Å². The Kier molecular flexibility index (Phi) is 5.52. The number of amides is 1. The van der Waals surface area contributed by atoms with Crippen LogP contribution >= 0.6 is 12.4 Å². The lowest BCUT2D eigenvalue weighted by Crippen LogP contribution is -2.38. The second kappa shape index (κ2) is 6.42. The van der Waals surface area contributed by atoms with Crippen molar-refractivity contribution in [1.82, 2.24) is 10.2 Å². The zero-order chi connectivity index (χ0) is 10.7. The van der Waals surface area contributed by atoms with Gasteiger partial charge in [0.1, 0.15) is 0 Å². The first-order chi connectivity index (χ1) is 7.27. The Labute approximate surface area is 103 Å².